The van der Waals surface area contributed by atoms with Gasteiger partial charge >= 0.3 is 0 Å². The highest BCUT2D eigenvalue weighted by atomic mass is 14.2. The minimum absolute atomic E-state index is 0.942. The highest BCUT2D eigenvalue weighted by molar-refractivity contribution is 4.69. The average Bonchev–Trinajstić information content (AvgIpc) is 2.57. The lowest BCUT2D eigenvalue weighted by Crippen LogP contribution is -2.12. The third kappa shape index (κ3) is 14.4. The predicted octanol–water partition coefficient (Wildman–Crippen LogP) is 9.18. The lowest BCUT2D eigenvalue weighted by molar-refractivity contribution is 0.271. The van der Waals surface area contributed by atoms with Crippen LogP contribution in [-0.4, -0.2) is 0 Å². The van der Waals surface area contributed by atoms with E-state index in [2.05, 4.69) is 34.6 Å². The molecule has 0 aromatic rings. The Morgan fingerprint density at radius 3 is 1.12 bits per heavy atom. The summed E-state index contributed by atoms with van der Waals surface area (Å²) in [6.45, 7) is 11.9. The Morgan fingerprint density at radius 1 is 0.458 bits per heavy atom. The van der Waals surface area contributed by atoms with E-state index < -0.39 is 0 Å². The number of hydrogen-bond acceptors (Lipinski definition) is 0. The summed E-state index contributed by atoms with van der Waals surface area (Å²) in [5, 5.41) is 0. The van der Waals surface area contributed by atoms with E-state index >= 15 is 0 Å². The van der Waals surface area contributed by atoms with Gasteiger partial charge in [0.2, 0.25) is 0 Å². The van der Waals surface area contributed by atoms with Crippen molar-refractivity contribution < 1.29 is 0 Å². The summed E-state index contributed by atoms with van der Waals surface area (Å²) in [5.74, 6) is 2.96. The van der Waals surface area contributed by atoms with Crippen LogP contribution in [0.25, 0.3) is 0 Å². The van der Waals surface area contributed by atoms with E-state index in [1.54, 1.807) is 0 Å². The lowest BCUT2D eigenvalue weighted by Gasteiger charge is -2.25. The molecule has 0 aromatic carbocycles. The van der Waals surface area contributed by atoms with Gasteiger partial charge in [-0.2, -0.15) is 0 Å². The van der Waals surface area contributed by atoms with Crippen molar-refractivity contribution in [3.05, 3.63) is 0 Å². The van der Waals surface area contributed by atoms with Crippen LogP contribution in [0.15, 0.2) is 0 Å². The fourth-order valence-corrected chi connectivity index (χ4v) is 4.35. The van der Waals surface area contributed by atoms with Crippen LogP contribution < -0.4 is 0 Å². The first kappa shape index (κ1) is 24.0. The molecule has 0 aliphatic carbocycles. The van der Waals surface area contributed by atoms with Gasteiger partial charge in [-0.3, -0.25) is 0 Å². The molecule has 24 heavy (non-hydrogen) atoms. The van der Waals surface area contributed by atoms with E-state index in [-0.39, 0.29) is 0 Å². The monoisotopic (exact) mass is 338 g/mol. The second-order valence-electron chi connectivity index (χ2n) is 8.58. The summed E-state index contributed by atoms with van der Waals surface area (Å²) in [6.07, 6.45) is 23.1. The van der Waals surface area contributed by atoms with Gasteiger partial charge in [-0.15, -0.1) is 0 Å². The van der Waals surface area contributed by atoms with Gasteiger partial charge < -0.3 is 0 Å². The van der Waals surface area contributed by atoms with E-state index in [0.717, 1.165) is 17.8 Å². The van der Waals surface area contributed by atoms with Crippen molar-refractivity contribution in [1.29, 1.82) is 0 Å². The maximum Gasteiger partial charge on any atom is -0.0412 e. The van der Waals surface area contributed by atoms with E-state index in [4.69, 9.17) is 0 Å². The zero-order valence-electron chi connectivity index (χ0n) is 18.0. The van der Waals surface area contributed by atoms with Crippen molar-refractivity contribution in [2.45, 2.75) is 137 Å². The SMILES string of the molecule is CCCCCC(CCCC)CC(C)CC(CCCC)CCCCC. The highest BCUT2D eigenvalue weighted by Crippen LogP contribution is 2.31. The van der Waals surface area contributed by atoms with Crippen molar-refractivity contribution in [3.8, 4) is 0 Å². The first-order valence-electron chi connectivity index (χ1n) is 11.7. The summed E-state index contributed by atoms with van der Waals surface area (Å²) in [6, 6.07) is 0. The molecule has 0 aliphatic heterocycles. The predicted molar refractivity (Wildman–Crippen MR) is 113 cm³/mol. The van der Waals surface area contributed by atoms with Gasteiger partial charge in [-0.05, 0) is 30.6 Å². The first-order valence-corrected chi connectivity index (χ1v) is 11.7. The van der Waals surface area contributed by atoms with Gasteiger partial charge in [0.1, 0.15) is 0 Å². The standard InChI is InChI=1S/C24H50/c1-6-10-14-18-23(16-12-8-3)20-22(5)21-24(17-13-9-4)19-15-11-7-2/h22-24H,6-21H2,1-5H3. The van der Waals surface area contributed by atoms with Crippen molar-refractivity contribution in [3.63, 3.8) is 0 Å². The summed E-state index contributed by atoms with van der Waals surface area (Å²) < 4.78 is 0. The Labute approximate surface area is 155 Å². The van der Waals surface area contributed by atoms with Gasteiger partial charge in [0, 0.05) is 0 Å². The summed E-state index contributed by atoms with van der Waals surface area (Å²) in [7, 11) is 0. The average molecular weight is 339 g/mol. The quantitative estimate of drug-likeness (QED) is 0.218. The van der Waals surface area contributed by atoms with Crippen LogP contribution in [0.3, 0.4) is 0 Å². The maximum atomic E-state index is 2.55. The first-order chi connectivity index (χ1) is 11.7. The third-order valence-electron chi connectivity index (χ3n) is 5.84. The van der Waals surface area contributed by atoms with E-state index in [1.165, 1.54) is 103 Å². The largest absolute Gasteiger partial charge is 0.0654 e. The molecule has 146 valence electrons. The smallest absolute Gasteiger partial charge is 0.0412 e. The number of unbranched alkanes of at least 4 members (excludes halogenated alkanes) is 6. The van der Waals surface area contributed by atoms with Crippen molar-refractivity contribution in [1.82, 2.24) is 0 Å². The zero-order valence-corrected chi connectivity index (χ0v) is 18.0. The van der Waals surface area contributed by atoms with Crippen molar-refractivity contribution in [2.24, 2.45) is 17.8 Å². The van der Waals surface area contributed by atoms with E-state index in [9.17, 15) is 0 Å². The second-order valence-corrected chi connectivity index (χ2v) is 8.58. The molecule has 0 bridgehead atoms. The minimum atomic E-state index is 0.942. The van der Waals surface area contributed by atoms with Gasteiger partial charge in [0.15, 0.2) is 0 Å². The molecule has 0 nitrogen and oxygen atoms in total. The van der Waals surface area contributed by atoms with Gasteiger partial charge in [0.05, 0.1) is 0 Å². The Bertz CT molecular complexity index is 208. The molecule has 0 rings (SSSR count). The molecule has 0 aliphatic rings. The molecular weight excluding hydrogens is 288 g/mol. The fraction of sp³-hybridized carbons (Fsp3) is 1.00. The minimum Gasteiger partial charge on any atom is -0.0654 e. The molecule has 2 unspecified atom stereocenters. The molecule has 0 heteroatoms. The molecule has 0 aromatic heterocycles. The molecule has 0 fully saturated rings. The molecule has 2 atom stereocenters. The van der Waals surface area contributed by atoms with Crippen LogP contribution in [0.1, 0.15) is 137 Å². The van der Waals surface area contributed by atoms with Crippen LogP contribution in [0.5, 0.6) is 0 Å². The molecular formula is C24H50. The zero-order chi connectivity index (χ0) is 18.0. The van der Waals surface area contributed by atoms with E-state index in [1.807, 2.05) is 0 Å². The normalized spacial score (nSPS) is 15.4. The lowest BCUT2D eigenvalue weighted by atomic mass is 9.81. The number of hydrogen-bond donors (Lipinski definition) is 0. The molecule has 0 radical (unpaired) electrons. The van der Waals surface area contributed by atoms with Crippen LogP contribution in [-0.2, 0) is 0 Å². The summed E-state index contributed by atoms with van der Waals surface area (Å²) >= 11 is 0. The van der Waals surface area contributed by atoms with Crippen molar-refractivity contribution in [2.75, 3.05) is 0 Å². The topological polar surface area (TPSA) is 0 Å². The van der Waals surface area contributed by atoms with Gasteiger partial charge in [-0.1, -0.05) is 125 Å². The van der Waals surface area contributed by atoms with Gasteiger partial charge in [0.25, 0.3) is 0 Å². The molecule has 0 amide bonds. The third-order valence-corrected chi connectivity index (χ3v) is 5.84. The molecule has 0 N–H and O–H groups in total. The molecule has 0 saturated heterocycles. The Hall–Kier alpha value is 0. The van der Waals surface area contributed by atoms with Crippen LogP contribution in [0.2, 0.25) is 0 Å². The Balaban J connectivity index is 4.30. The molecule has 0 heterocycles. The Kier molecular flexibility index (Phi) is 17.8. The van der Waals surface area contributed by atoms with E-state index in [0.29, 0.717) is 0 Å². The molecule has 0 spiro atoms. The summed E-state index contributed by atoms with van der Waals surface area (Å²) in [5.41, 5.74) is 0. The highest BCUT2D eigenvalue weighted by Gasteiger charge is 2.17. The maximum absolute atomic E-state index is 2.55. The fourth-order valence-electron chi connectivity index (χ4n) is 4.35. The van der Waals surface area contributed by atoms with Gasteiger partial charge in [-0.25, -0.2) is 0 Å². The van der Waals surface area contributed by atoms with Crippen LogP contribution in [0, 0.1) is 17.8 Å². The second kappa shape index (κ2) is 17.8. The van der Waals surface area contributed by atoms with Crippen LogP contribution >= 0.6 is 0 Å². The van der Waals surface area contributed by atoms with Crippen molar-refractivity contribution >= 4 is 0 Å². The van der Waals surface area contributed by atoms with Crippen LogP contribution in [0.4, 0.5) is 0 Å². The Morgan fingerprint density at radius 2 is 0.792 bits per heavy atom. The molecule has 0 saturated carbocycles. The number of rotatable bonds is 18. The summed E-state index contributed by atoms with van der Waals surface area (Å²) in [4.78, 5) is 0.